The zero-order valence-corrected chi connectivity index (χ0v) is 18.8. The minimum absolute atomic E-state index is 0.0668. The highest BCUT2D eigenvalue weighted by molar-refractivity contribution is 5.92. The van der Waals surface area contributed by atoms with Gasteiger partial charge >= 0.3 is 5.97 Å². The molecule has 0 radical (unpaired) electrons. The molecule has 0 atom stereocenters. The van der Waals surface area contributed by atoms with Crippen LogP contribution < -0.4 is 20.1 Å². The van der Waals surface area contributed by atoms with Crippen molar-refractivity contribution >= 4 is 28.5 Å². The summed E-state index contributed by atoms with van der Waals surface area (Å²) in [6.45, 7) is 2.02. The van der Waals surface area contributed by atoms with E-state index in [1.807, 2.05) is 13.2 Å². The summed E-state index contributed by atoms with van der Waals surface area (Å²) in [4.78, 5) is 25.1. The highest BCUT2D eigenvalue weighted by Gasteiger charge is 2.15. The quantitative estimate of drug-likeness (QED) is 0.226. The van der Waals surface area contributed by atoms with Crippen LogP contribution in [0.2, 0.25) is 0 Å². The highest BCUT2D eigenvalue weighted by atomic mass is 16.5. The van der Waals surface area contributed by atoms with E-state index >= 15 is 0 Å². The van der Waals surface area contributed by atoms with E-state index in [0.717, 1.165) is 42.7 Å². The van der Waals surface area contributed by atoms with E-state index in [0.29, 0.717) is 17.3 Å². The lowest BCUT2D eigenvalue weighted by molar-refractivity contribution is -0.139. The molecule has 11 heteroatoms. The predicted octanol–water partition coefficient (Wildman–Crippen LogP) is 1.58. The number of carboxylic acids is 1. The Kier molecular flexibility index (Phi) is 8.81. The van der Waals surface area contributed by atoms with E-state index in [1.54, 1.807) is 18.2 Å². The van der Waals surface area contributed by atoms with Gasteiger partial charge in [0.15, 0.2) is 18.1 Å². The first-order valence-corrected chi connectivity index (χ1v) is 10.6. The lowest BCUT2D eigenvalue weighted by Crippen LogP contribution is -2.22. The first kappa shape index (κ1) is 24.2. The first-order chi connectivity index (χ1) is 16.0. The van der Waals surface area contributed by atoms with Crippen LogP contribution in [0.15, 0.2) is 30.7 Å². The Morgan fingerprint density at radius 2 is 2.09 bits per heavy atom. The average molecular weight is 459 g/mol. The molecule has 0 spiro atoms. The van der Waals surface area contributed by atoms with Crippen LogP contribution in [0.25, 0.3) is 11.0 Å². The van der Waals surface area contributed by atoms with Crippen LogP contribution in [0.5, 0.6) is 11.5 Å². The SMILES string of the molecule is CNCCCN(C)Cc1c[nH]c2ncnc(Nc3ccc(OCCO)c(OCC(=O)O)c3)c12. The maximum Gasteiger partial charge on any atom is 0.341 e. The molecule has 0 saturated carbocycles. The fourth-order valence-corrected chi connectivity index (χ4v) is 3.39. The van der Waals surface area contributed by atoms with E-state index in [1.165, 1.54) is 6.33 Å². The molecule has 0 fully saturated rings. The smallest absolute Gasteiger partial charge is 0.341 e. The molecule has 1 aromatic carbocycles. The van der Waals surface area contributed by atoms with Gasteiger partial charge in [0.2, 0.25) is 0 Å². The van der Waals surface area contributed by atoms with Crippen LogP contribution >= 0.6 is 0 Å². The summed E-state index contributed by atoms with van der Waals surface area (Å²) in [5.74, 6) is 0.108. The van der Waals surface area contributed by atoms with E-state index in [9.17, 15) is 4.79 Å². The van der Waals surface area contributed by atoms with Crippen LogP contribution in [-0.2, 0) is 11.3 Å². The molecule has 178 valence electrons. The summed E-state index contributed by atoms with van der Waals surface area (Å²) in [5.41, 5.74) is 2.42. The minimum Gasteiger partial charge on any atom is -0.487 e. The zero-order chi connectivity index (χ0) is 23.6. The van der Waals surface area contributed by atoms with Crippen molar-refractivity contribution in [3.63, 3.8) is 0 Å². The van der Waals surface area contributed by atoms with Crippen molar-refractivity contribution < 1.29 is 24.5 Å². The second kappa shape index (κ2) is 12.0. The fourth-order valence-electron chi connectivity index (χ4n) is 3.39. The summed E-state index contributed by atoms with van der Waals surface area (Å²) < 4.78 is 10.8. The van der Waals surface area contributed by atoms with Crippen LogP contribution in [0.4, 0.5) is 11.5 Å². The standard InChI is InChI=1S/C22H30N6O5/c1-23-6-3-7-28(2)12-15-11-24-21-20(15)22(26-14-25-21)27-16-4-5-17(32-9-8-29)18(10-16)33-13-19(30)31/h4-5,10-11,14,23,29H,3,6-9,12-13H2,1-2H3,(H,30,31)(H2,24,25,26,27). The molecule has 0 aliphatic rings. The number of hydrogen-bond acceptors (Lipinski definition) is 9. The van der Waals surface area contributed by atoms with Crippen molar-refractivity contribution in [1.29, 1.82) is 0 Å². The largest absolute Gasteiger partial charge is 0.487 e. The molecular weight excluding hydrogens is 428 g/mol. The normalized spacial score (nSPS) is 11.2. The Bertz CT molecular complexity index is 1060. The fraction of sp³-hybridized carbons (Fsp3) is 0.409. The number of H-pyrrole nitrogens is 1. The number of aromatic amines is 1. The number of nitrogens with zero attached hydrogens (tertiary/aromatic N) is 3. The van der Waals surface area contributed by atoms with Gasteiger partial charge in [-0.1, -0.05) is 0 Å². The number of fused-ring (bicyclic) bond motifs is 1. The van der Waals surface area contributed by atoms with Crippen molar-refractivity contribution in [2.45, 2.75) is 13.0 Å². The van der Waals surface area contributed by atoms with Crippen molar-refractivity contribution in [3.05, 3.63) is 36.3 Å². The average Bonchev–Trinajstić information content (AvgIpc) is 3.20. The molecule has 33 heavy (non-hydrogen) atoms. The summed E-state index contributed by atoms with van der Waals surface area (Å²) in [7, 11) is 4.01. The van der Waals surface area contributed by atoms with Crippen LogP contribution in [0, 0.1) is 0 Å². The van der Waals surface area contributed by atoms with Gasteiger partial charge in [-0.25, -0.2) is 14.8 Å². The number of carboxylic acid groups (broad SMARTS) is 1. The molecule has 0 unspecified atom stereocenters. The van der Waals surface area contributed by atoms with Gasteiger partial charge in [0.1, 0.15) is 24.4 Å². The van der Waals surface area contributed by atoms with Gasteiger partial charge < -0.3 is 40.2 Å². The molecule has 0 bridgehead atoms. The Labute approximate surface area is 191 Å². The number of rotatable bonds is 14. The third-order valence-electron chi connectivity index (χ3n) is 4.86. The molecule has 0 aliphatic carbocycles. The number of carbonyl (C=O) groups is 1. The molecule has 5 N–H and O–H groups in total. The van der Waals surface area contributed by atoms with Gasteiger partial charge in [0, 0.05) is 24.5 Å². The number of aliphatic hydroxyl groups excluding tert-OH is 1. The van der Waals surface area contributed by atoms with E-state index in [2.05, 4.69) is 37.5 Å². The number of aliphatic hydroxyl groups is 1. The van der Waals surface area contributed by atoms with Gasteiger partial charge in [0.25, 0.3) is 0 Å². The number of nitrogens with one attached hydrogen (secondary N) is 3. The van der Waals surface area contributed by atoms with E-state index in [4.69, 9.17) is 19.7 Å². The summed E-state index contributed by atoms with van der Waals surface area (Å²) >= 11 is 0. The van der Waals surface area contributed by atoms with Gasteiger partial charge in [-0.05, 0) is 51.3 Å². The molecule has 0 saturated heterocycles. The van der Waals surface area contributed by atoms with E-state index < -0.39 is 12.6 Å². The molecule has 2 aromatic heterocycles. The highest BCUT2D eigenvalue weighted by Crippen LogP contribution is 2.33. The van der Waals surface area contributed by atoms with E-state index in [-0.39, 0.29) is 19.0 Å². The lowest BCUT2D eigenvalue weighted by Gasteiger charge is -2.17. The van der Waals surface area contributed by atoms with Crippen molar-refractivity contribution in [3.8, 4) is 11.5 Å². The van der Waals surface area contributed by atoms with Gasteiger partial charge in [-0.15, -0.1) is 0 Å². The number of aliphatic carboxylic acids is 1. The van der Waals surface area contributed by atoms with Gasteiger partial charge in [-0.3, -0.25) is 0 Å². The number of aromatic nitrogens is 3. The Morgan fingerprint density at radius 1 is 1.24 bits per heavy atom. The third kappa shape index (κ3) is 6.78. The van der Waals surface area contributed by atoms with Crippen LogP contribution in [0.3, 0.4) is 0 Å². The Hall–Kier alpha value is -3.41. The second-order valence-electron chi connectivity index (χ2n) is 7.50. The molecule has 0 aliphatic heterocycles. The van der Waals surface area contributed by atoms with Crippen molar-refractivity contribution in [1.82, 2.24) is 25.2 Å². The second-order valence-corrected chi connectivity index (χ2v) is 7.50. The van der Waals surface area contributed by atoms with Gasteiger partial charge in [0.05, 0.1) is 12.0 Å². The molecule has 3 rings (SSSR count). The molecule has 11 nitrogen and oxygen atoms in total. The van der Waals surface area contributed by atoms with Gasteiger partial charge in [-0.2, -0.15) is 0 Å². The van der Waals surface area contributed by atoms with Crippen molar-refractivity contribution in [2.24, 2.45) is 0 Å². The number of ether oxygens (including phenoxy) is 2. The predicted molar refractivity (Wildman–Crippen MR) is 124 cm³/mol. The number of hydrogen-bond donors (Lipinski definition) is 5. The Balaban J connectivity index is 1.84. The third-order valence-corrected chi connectivity index (χ3v) is 4.86. The molecule has 0 amide bonds. The lowest BCUT2D eigenvalue weighted by atomic mass is 10.2. The number of benzene rings is 1. The Morgan fingerprint density at radius 3 is 2.85 bits per heavy atom. The monoisotopic (exact) mass is 458 g/mol. The maximum absolute atomic E-state index is 10.9. The van der Waals surface area contributed by atoms with Crippen LogP contribution in [-0.4, -0.2) is 83.0 Å². The summed E-state index contributed by atoms with van der Waals surface area (Å²) in [6, 6.07) is 5.06. The molecule has 3 aromatic rings. The zero-order valence-electron chi connectivity index (χ0n) is 18.8. The molecular formula is C22H30N6O5. The minimum atomic E-state index is -1.10. The summed E-state index contributed by atoms with van der Waals surface area (Å²) in [5, 5.41) is 25.3. The number of anilines is 2. The molecule has 2 heterocycles. The first-order valence-electron chi connectivity index (χ1n) is 10.6. The van der Waals surface area contributed by atoms with Crippen LogP contribution in [0.1, 0.15) is 12.0 Å². The van der Waals surface area contributed by atoms with Crippen molar-refractivity contribution in [2.75, 3.05) is 52.3 Å². The summed E-state index contributed by atoms with van der Waals surface area (Å²) in [6.07, 6.45) is 4.45. The topological polar surface area (TPSA) is 145 Å². The maximum atomic E-state index is 10.9.